The molecule has 0 radical (unpaired) electrons. The van der Waals surface area contributed by atoms with Crippen LogP contribution in [0.2, 0.25) is 0 Å². The maximum absolute atomic E-state index is 12.4. The number of benzene rings is 1. The summed E-state index contributed by atoms with van der Waals surface area (Å²) in [6.07, 6.45) is 3.15. The van der Waals surface area contributed by atoms with Crippen LogP contribution < -0.4 is 9.64 Å². The third-order valence-corrected chi connectivity index (χ3v) is 5.01. The summed E-state index contributed by atoms with van der Waals surface area (Å²) >= 11 is 1.45. The van der Waals surface area contributed by atoms with Crippen LogP contribution in [0.25, 0.3) is 10.6 Å². The van der Waals surface area contributed by atoms with Crippen molar-refractivity contribution in [2.75, 3.05) is 18.6 Å². The molecule has 1 amide bonds. The second-order valence-corrected chi connectivity index (χ2v) is 6.28. The van der Waals surface area contributed by atoms with Gasteiger partial charge in [0.05, 0.1) is 7.11 Å². The van der Waals surface area contributed by atoms with Crippen molar-refractivity contribution in [1.29, 1.82) is 0 Å². The minimum atomic E-state index is 0.174. The molecule has 5 nitrogen and oxygen atoms in total. The van der Waals surface area contributed by atoms with Gasteiger partial charge in [-0.3, -0.25) is 9.69 Å². The molecule has 0 unspecified atom stereocenters. The average Bonchev–Trinajstić information content (AvgIpc) is 2.96. The lowest BCUT2D eigenvalue weighted by Crippen LogP contribution is -2.38. The molecule has 116 valence electrons. The lowest BCUT2D eigenvalue weighted by molar-refractivity contribution is -0.124. The van der Waals surface area contributed by atoms with Gasteiger partial charge in [0.25, 0.3) is 0 Å². The number of ether oxygens (including phenoxy) is 1. The van der Waals surface area contributed by atoms with Crippen molar-refractivity contribution >= 4 is 22.4 Å². The zero-order valence-electron chi connectivity index (χ0n) is 12.8. The fourth-order valence-corrected chi connectivity index (χ4v) is 3.36. The molecule has 1 heterocycles. The molecule has 1 aliphatic rings. The number of hydrogen-bond donors (Lipinski definition) is 0. The number of carbonyl (C=O) groups is 1. The summed E-state index contributed by atoms with van der Waals surface area (Å²) in [6.45, 7) is 2.61. The van der Waals surface area contributed by atoms with Gasteiger partial charge in [-0.1, -0.05) is 17.8 Å². The van der Waals surface area contributed by atoms with E-state index in [-0.39, 0.29) is 11.8 Å². The molecule has 1 aromatic carbocycles. The third kappa shape index (κ3) is 2.83. The molecule has 6 heteroatoms. The van der Waals surface area contributed by atoms with Gasteiger partial charge in [-0.25, -0.2) is 0 Å². The molecule has 0 bridgehead atoms. The molecule has 1 aromatic heterocycles. The van der Waals surface area contributed by atoms with Gasteiger partial charge in [0.1, 0.15) is 10.8 Å². The number of aromatic nitrogens is 2. The van der Waals surface area contributed by atoms with Crippen LogP contribution in [0.1, 0.15) is 26.2 Å². The Hall–Kier alpha value is -1.95. The molecule has 1 fully saturated rings. The predicted molar refractivity (Wildman–Crippen MR) is 87.3 cm³/mol. The normalized spacial score (nSPS) is 14.5. The number of anilines is 1. The summed E-state index contributed by atoms with van der Waals surface area (Å²) in [5.74, 6) is 1.17. The Labute approximate surface area is 133 Å². The first-order valence-corrected chi connectivity index (χ1v) is 8.34. The number of amides is 1. The zero-order valence-corrected chi connectivity index (χ0v) is 13.6. The lowest BCUT2D eigenvalue weighted by Gasteiger charge is -2.29. The van der Waals surface area contributed by atoms with Crippen LogP contribution in [0.3, 0.4) is 0 Å². The van der Waals surface area contributed by atoms with Gasteiger partial charge in [-0.15, -0.1) is 10.2 Å². The quantitative estimate of drug-likeness (QED) is 0.848. The second kappa shape index (κ2) is 6.44. The summed E-state index contributed by atoms with van der Waals surface area (Å²) in [4.78, 5) is 14.2. The van der Waals surface area contributed by atoms with Crippen LogP contribution in [0.15, 0.2) is 24.3 Å². The number of hydrogen-bond acceptors (Lipinski definition) is 5. The largest absolute Gasteiger partial charge is 0.497 e. The van der Waals surface area contributed by atoms with Crippen molar-refractivity contribution in [2.24, 2.45) is 5.92 Å². The monoisotopic (exact) mass is 317 g/mol. The molecule has 0 saturated heterocycles. The highest BCUT2D eigenvalue weighted by Gasteiger charge is 2.31. The molecule has 2 aromatic rings. The molecule has 3 rings (SSSR count). The smallest absolute Gasteiger partial charge is 0.231 e. The number of nitrogens with zero attached hydrogens (tertiary/aromatic N) is 3. The van der Waals surface area contributed by atoms with E-state index >= 15 is 0 Å². The zero-order chi connectivity index (χ0) is 15.5. The Kier molecular flexibility index (Phi) is 4.38. The van der Waals surface area contributed by atoms with E-state index in [1.54, 1.807) is 12.0 Å². The Morgan fingerprint density at radius 2 is 2.05 bits per heavy atom. The van der Waals surface area contributed by atoms with Gasteiger partial charge in [-0.2, -0.15) is 0 Å². The predicted octanol–water partition coefficient (Wildman–Crippen LogP) is 3.37. The number of rotatable bonds is 5. The molecule has 0 aliphatic heterocycles. The minimum Gasteiger partial charge on any atom is -0.497 e. The van der Waals surface area contributed by atoms with Crippen molar-refractivity contribution in [3.63, 3.8) is 0 Å². The van der Waals surface area contributed by atoms with E-state index in [0.29, 0.717) is 11.7 Å². The molecular weight excluding hydrogens is 298 g/mol. The second-order valence-electron chi connectivity index (χ2n) is 5.33. The van der Waals surface area contributed by atoms with Crippen molar-refractivity contribution in [1.82, 2.24) is 10.2 Å². The highest BCUT2D eigenvalue weighted by molar-refractivity contribution is 7.18. The average molecular weight is 317 g/mol. The maximum atomic E-state index is 12.4. The first-order valence-electron chi connectivity index (χ1n) is 7.52. The highest BCUT2D eigenvalue weighted by Crippen LogP contribution is 2.33. The Balaban J connectivity index is 1.80. The van der Waals surface area contributed by atoms with E-state index < -0.39 is 0 Å². The molecule has 22 heavy (non-hydrogen) atoms. The first-order chi connectivity index (χ1) is 10.7. The maximum Gasteiger partial charge on any atom is 0.231 e. The molecule has 1 saturated carbocycles. The van der Waals surface area contributed by atoms with Crippen LogP contribution in [0, 0.1) is 5.92 Å². The molecule has 1 aliphatic carbocycles. The van der Waals surface area contributed by atoms with Gasteiger partial charge < -0.3 is 4.74 Å². The van der Waals surface area contributed by atoms with Crippen LogP contribution in [0.5, 0.6) is 5.75 Å². The molecule has 0 N–H and O–H groups in total. The van der Waals surface area contributed by atoms with Gasteiger partial charge in [0.2, 0.25) is 11.0 Å². The van der Waals surface area contributed by atoms with Gasteiger partial charge in [0, 0.05) is 18.0 Å². The van der Waals surface area contributed by atoms with Gasteiger partial charge in [-0.05, 0) is 44.0 Å². The van der Waals surface area contributed by atoms with Crippen LogP contribution in [-0.2, 0) is 4.79 Å². The summed E-state index contributed by atoms with van der Waals surface area (Å²) < 4.78 is 5.16. The van der Waals surface area contributed by atoms with Crippen LogP contribution in [0.4, 0.5) is 5.13 Å². The number of carbonyl (C=O) groups excluding carboxylic acids is 1. The van der Waals surface area contributed by atoms with E-state index in [1.807, 2.05) is 31.2 Å². The van der Waals surface area contributed by atoms with Crippen molar-refractivity contribution in [3.8, 4) is 16.3 Å². The highest BCUT2D eigenvalue weighted by atomic mass is 32.1. The molecular formula is C16H19N3O2S. The summed E-state index contributed by atoms with van der Waals surface area (Å²) in [6, 6.07) is 7.70. The fraction of sp³-hybridized carbons (Fsp3) is 0.438. The first kappa shape index (κ1) is 15.0. The molecule has 0 spiro atoms. The standard InChI is InChI=1S/C16H19N3O2S/c1-3-19(15(20)12-5-4-6-12)16-18-17-14(22-16)11-7-9-13(21-2)10-8-11/h7-10,12H,3-6H2,1-2H3. The van der Waals surface area contributed by atoms with E-state index in [1.165, 1.54) is 11.3 Å². The van der Waals surface area contributed by atoms with Gasteiger partial charge >= 0.3 is 0 Å². The Morgan fingerprint density at radius 1 is 1.32 bits per heavy atom. The topological polar surface area (TPSA) is 55.3 Å². The fourth-order valence-electron chi connectivity index (χ4n) is 2.44. The van der Waals surface area contributed by atoms with E-state index in [0.717, 1.165) is 35.6 Å². The third-order valence-electron chi connectivity index (χ3n) is 4.02. The van der Waals surface area contributed by atoms with Crippen molar-refractivity contribution < 1.29 is 9.53 Å². The van der Waals surface area contributed by atoms with Gasteiger partial charge in [0.15, 0.2) is 0 Å². The summed E-state index contributed by atoms with van der Waals surface area (Å²) in [5, 5.41) is 9.94. The van der Waals surface area contributed by atoms with Crippen LogP contribution in [-0.4, -0.2) is 29.8 Å². The Morgan fingerprint density at radius 3 is 2.59 bits per heavy atom. The van der Waals surface area contributed by atoms with E-state index in [2.05, 4.69) is 10.2 Å². The lowest BCUT2D eigenvalue weighted by atomic mass is 9.84. The van der Waals surface area contributed by atoms with Crippen molar-refractivity contribution in [2.45, 2.75) is 26.2 Å². The minimum absolute atomic E-state index is 0.174. The van der Waals surface area contributed by atoms with E-state index in [4.69, 9.17) is 4.74 Å². The number of methoxy groups -OCH3 is 1. The van der Waals surface area contributed by atoms with Crippen LogP contribution >= 0.6 is 11.3 Å². The summed E-state index contributed by atoms with van der Waals surface area (Å²) in [5.41, 5.74) is 0.983. The Bertz CT molecular complexity index is 650. The van der Waals surface area contributed by atoms with E-state index in [9.17, 15) is 4.79 Å². The SMILES string of the molecule is CCN(C(=O)C1CCC1)c1nnc(-c2ccc(OC)cc2)s1. The molecule has 0 atom stereocenters. The van der Waals surface area contributed by atoms with Crippen molar-refractivity contribution in [3.05, 3.63) is 24.3 Å². The summed E-state index contributed by atoms with van der Waals surface area (Å²) in [7, 11) is 1.64.